The zero-order valence-corrected chi connectivity index (χ0v) is 15.5. The Balaban J connectivity index is 2.57. The van der Waals surface area contributed by atoms with Gasteiger partial charge in [-0.15, -0.1) is 0 Å². The van der Waals surface area contributed by atoms with Crippen LogP contribution in [-0.4, -0.2) is 37.9 Å². The lowest BCUT2D eigenvalue weighted by Gasteiger charge is -2.24. The molecular weight excluding hydrogens is 336 g/mol. The molecule has 0 aromatic heterocycles. The maximum atomic E-state index is 13.1. The average molecular weight is 358 g/mol. The quantitative estimate of drug-likeness (QED) is 0.573. The second kappa shape index (κ2) is 7.99. The van der Waals surface area contributed by atoms with E-state index in [0.29, 0.717) is 12.2 Å². The summed E-state index contributed by atoms with van der Waals surface area (Å²) in [6, 6.07) is 3.15. The number of hydrogen-bond donors (Lipinski definition) is 0. The fraction of sp³-hybridized carbons (Fsp3) is 0.350. The Morgan fingerprint density at radius 2 is 1.62 bits per heavy atom. The number of Topliss-reactive ketones (excluding diaryl/α,β-unsaturated/α-hetero) is 1. The van der Waals surface area contributed by atoms with Gasteiger partial charge in [-0.25, -0.2) is 0 Å². The Bertz CT molecular complexity index is 812. The van der Waals surface area contributed by atoms with Gasteiger partial charge in [-0.2, -0.15) is 0 Å². The number of allylic oxidation sites excluding steroid dienone is 2. The van der Waals surface area contributed by atoms with Crippen molar-refractivity contribution in [2.45, 2.75) is 33.3 Å². The van der Waals surface area contributed by atoms with Gasteiger partial charge in [0.15, 0.2) is 11.6 Å². The summed E-state index contributed by atoms with van der Waals surface area (Å²) in [4.78, 5) is 37.3. The molecule has 1 aliphatic carbocycles. The van der Waals surface area contributed by atoms with Crippen LogP contribution in [-0.2, 0) is 9.53 Å². The van der Waals surface area contributed by atoms with Crippen LogP contribution in [0.15, 0.2) is 35.4 Å². The molecule has 0 amide bonds. The van der Waals surface area contributed by atoms with Crippen LogP contribution in [0.4, 0.5) is 0 Å². The van der Waals surface area contributed by atoms with E-state index in [1.54, 1.807) is 12.1 Å². The molecule has 26 heavy (non-hydrogen) atoms. The first-order valence-corrected chi connectivity index (χ1v) is 8.16. The number of hydrogen-bond acceptors (Lipinski definition) is 6. The highest BCUT2D eigenvalue weighted by molar-refractivity contribution is 6.27. The van der Waals surface area contributed by atoms with E-state index in [9.17, 15) is 14.4 Å². The second-order valence-electron chi connectivity index (χ2n) is 6.13. The number of carbonyl (C=O) groups excluding carboxylic acids is 3. The van der Waals surface area contributed by atoms with Crippen molar-refractivity contribution in [3.63, 3.8) is 0 Å². The molecule has 6 heteroatoms. The number of esters is 1. The first kappa shape index (κ1) is 19.4. The molecule has 0 saturated heterocycles. The van der Waals surface area contributed by atoms with E-state index >= 15 is 0 Å². The van der Waals surface area contributed by atoms with Gasteiger partial charge in [0, 0.05) is 18.9 Å². The van der Waals surface area contributed by atoms with Crippen LogP contribution in [0, 0.1) is 0 Å². The molecule has 0 fully saturated rings. The summed E-state index contributed by atoms with van der Waals surface area (Å²) in [5.41, 5.74) is 1.42. The molecule has 0 spiro atoms. The summed E-state index contributed by atoms with van der Waals surface area (Å²) >= 11 is 0. The van der Waals surface area contributed by atoms with Gasteiger partial charge in [0.1, 0.15) is 17.6 Å². The first-order valence-electron chi connectivity index (χ1n) is 8.16. The molecule has 0 saturated carbocycles. The topological polar surface area (TPSA) is 78.9 Å². The van der Waals surface area contributed by atoms with Crippen molar-refractivity contribution in [1.29, 1.82) is 0 Å². The number of ether oxygens (including phenoxy) is 3. The molecule has 138 valence electrons. The van der Waals surface area contributed by atoms with Crippen LogP contribution in [0.2, 0.25) is 0 Å². The van der Waals surface area contributed by atoms with Crippen molar-refractivity contribution in [2.24, 2.45) is 0 Å². The molecule has 0 heterocycles. The van der Waals surface area contributed by atoms with Crippen LogP contribution in [0.1, 0.15) is 47.9 Å². The summed E-state index contributed by atoms with van der Waals surface area (Å²) < 4.78 is 15.8. The average Bonchev–Trinajstić information content (AvgIpc) is 2.60. The number of benzene rings is 1. The highest BCUT2D eigenvalue weighted by Crippen LogP contribution is 2.37. The van der Waals surface area contributed by atoms with Crippen LogP contribution >= 0.6 is 0 Å². The number of carbonyl (C=O) groups is 3. The molecule has 1 aromatic carbocycles. The summed E-state index contributed by atoms with van der Waals surface area (Å²) in [5.74, 6) is -0.763. The van der Waals surface area contributed by atoms with Crippen LogP contribution in [0.25, 0.3) is 0 Å². The van der Waals surface area contributed by atoms with Crippen molar-refractivity contribution < 1.29 is 28.6 Å². The predicted octanol–water partition coefficient (Wildman–Crippen LogP) is 3.30. The van der Waals surface area contributed by atoms with Gasteiger partial charge < -0.3 is 14.2 Å². The van der Waals surface area contributed by atoms with Crippen LogP contribution in [0.3, 0.4) is 0 Å². The number of rotatable bonds is 6. The van der Waals surface area contributed by atoms with Crippen molar-refractivity contribution >= 4 is 17.5 Å². The highest BCUT2D eigenvalue weighted by atomic mass is 16.5. The molecule has 0 N–H and O–H groups in total. The van der Waals surface area contributed by atoms with E-state index in [1.165, 1.54) is 27.2 Å². The Kier molecular flexibility index (Phi) is 5.97. The molecule has 0 unspecified atom stereocenters. The van der Waals surface area contributed by atoms with Crippen molar-refractivity contribution in [3.05, 3.63) is 46.6 Å². The van der Waals surface area contributed by atoms with Gasteiger partial charge >= 0.3 is 5.97 Å². The second-order valence-corrected chi connectivity index (χ2v) is 6.13. The molecule has 0 aliphatic heterocycles. The van der Waals surface area contributed by atoms with Crippen LogP contribution < -0.4 is 9.47 Å². The monoisotopic (exact) mass is 358 g/mol. The Hall–Kier alpha value is -2.89. The molecule has 6 nitrogen and oxygen atoms in total. The van der Waals surface area contributed by atoms with Gasteiger partial charge in [-0.1, -0.05) is 11.6 Å². The molecule has 1 aliphatic rings. The lowest BCUT2D eigenvalue weighted by atomic mass is 9.85. The highest BCUT2D eigenvalue weighted by Gasteiger charge is 2.36. The van der Waals surface area contributed by atoms with Gasteiger partial charge in [0.2, 0.25) is 0 Å². The van der Waals surface area contributed by atoms with E-state index in [-0.39, 0.29) is 28.2 Å². The summed E-state index contributed by atoms with van der Waals surface area (Å²) in [6.45, 7) is 5.06. The Morgan fingerprint density at radius 1 is 1.04 bits per heavy atom. The molecule has 1 aromatic rings. The van der Waals surface area contributed by atoms with Gasteiger partial charge in [0.25, 0.3) is 0 Å². The number of ketones is 2. The minimum atomic E-state index is -0.845. The zero-order valence-electron chi connectivity index (χ0n) is 15.5. The summed E-state index contributed by atoms with van der Waals surface area (Å²) in [7, 11) is 2.85. The lowest BCUT2D eigenvalue weighted by Crippen LogP contribution is -2.29. The van der Waals surface area contributed by atoms with Gasteiger partial charge in [0.05, 0.1) is 25.3 Å². The summed E-state index contributed by atoms with van der Waals surface area (Å²) in [6.07, 6.45) is 2.53. The van der Waals surface area contributed by atoms with E-state index < -0.39 is 17.9 Å². The van der Waals surface area contributed by atoms with E-state index in [0.717, 1.165) is 5.57 Å². The van der Waals surface area contributed by atoms with Gasteiger partial charge in [-0.05, 0) is 32.1 Å². The van der Waals surface area contributed by atoms with E-state index in [2.05, 4.69) is 0 Å². The maximum Gasteiger partial charge on any atom is 0.303 e. The Labute approximate surface area is 152 Å². The third-order valence-electron chi connectivity index (χ3n) is 3.99. The van der Waals surface area contributed by atoms with Crippen molar-refractivity contribution in [2.75, 3.05) is 14.2 Å². The van der Waals surface area contributed by atoms with Gasteiger partial charge in [-0.3, -0.25) is 14.4 Å². The lowest BCUT2D eigenvalue weighted by molar-refractivity contribution is -0.144. The normalized spacial score (nSPS) is 14.1. The minimum Gasteiger partial charge on any atom is -0.496 e. The van der Waals surface area contributed by atoms with Crippen LogP contribution in [0.5, 0.6) is 11.5 Å². The molecule has 1 atom stereocenters. The first-order chi connectivity index (χ1) is 12.3. The van der Waals surface area contributed by atoms with E-state index in [4.69, 9.17) is 14.2 Å². The largest absolute Gasteiger partial charge is 0.496 e. The third-order valence-corrected chi connectivity index (χ3v) is 3.99. The standard InChI is InChI=1S/C20H22O6/c1-11(2)6-7-15(26-12(3)21)13-10-14(22)18-16(24-4)8-9-17(25-5)19(18)20(13)23/h6,8-10,15H,7H2,1-5H3/t15-/m1/s1. The minimum absolute atomic E-state index is 0.127. The maximum absolute atomic E-state index is 13.1. The molecule has 2 rings (SSSR count). The fourth-order valence-electron chi connectivity index (χ4n) is 2.82. The third kappa shape index (κ3) is 3.85. The fourth-order valence-corrected chi connectivity index (χ4v) is 2.82. The zero-order chi connectivity index (χ0) is 19.4. The summed E-state index contributed by atoms with van der Waals surface area (Å²) in [5, 5.41) is 0. The van der Waals surface area contributed by atoms with Crippen molar-refractivity contribution in [1.82, 2.24) is 0 Å². The molecule has 0 radical (unpaired) electrons. The SMILES string of the molecule is COc1ccc(OC)c2c1C(=O)C=C([C@@H](CC=C(C)C)OC(C)=O)C2=O. The number of fused-ring (bicyclic) bond motifs is 1. The molecule has 0 bridgehead atoms. The number of methoxy groups -OCH3 is 2. The smallest absolute Gasteiger partial charge is 0.303 e. The van der Waals surface area contributed by atoms with Crippen molar-refractivity contribution in [3.8, 4) is 11.5 Å². The Morgan fingerprint density at radius 3 is 2.12 bits per heavy atom. The predicted molar refractivity (Wildman–Crippen MR) is 95.9 cm³/mol. The van der Waals surface area contributed by atoms with E-state index in [1.807, 2.05) is 19.9 Å². The molecular formula is C20H22O6.